The molecule has 4 aliphatic rings. The van der Waals surface area contributed by atoms with Crippen LogP contribution in [0.4, 0.5) is 5.69 Å². The summed E-state index contributed by atoms with van der Waals surface area (Å²) in [4.78, 5) is 43.2. The first kappa shape index (κ1) is 25.3. The predicted octanol–water partition coefficient (Wildman–Crippen LogP) is 4.23. The molecule has 1 aliphatic carbocycles. The van der Waals surface area contributed by atoms with Gasteiger partial charge in [0.15, 0.2) is 0 Å². The summed E-state index contributed by atoms with van der Waals surface area (Å²) < 4.78 is 7.36. The van der Waals surface area contributed by atoms with E-state index < -0.39 is 29.6 Å². The number of carbonyl (C=O) groups excluding carboxylic acids is 3. The second-order valence-corrected chi connectivity index (χ2v) is 11.7. The van der Waals surface area contributed by atoms with E-state index in [4.69, 9.17) is 4.74 Å². The molecule has 2 aromatic carbocycles. The van der Waals surface area contributed by atoms with E-state index in [1.165, 1.54) is 6.42 Å². The van der Waals surface area contributed by atoms with E-state index in [-0.39, 0.29) is 23.8 Å². The van der Waals surface area contributed by atoms with Crippen LogP contribution in [0.25, 0.3) is 0 Å². The van der Waals surface area contributed by atoms with Gasteiger partial charge < -0.3 is 20.3 Å². The molecule has 3 heterocycles. The SMILES string of the molecule is O=C(Nc1ccc(Br)cc1)[C@H]1[C@@H]2C=C[C@]3(O2)[C@@H]1C(=O)N(CCc1ccccc1)[C@@H]3C(=O)NC1CCCCC1. The molecule has 3 amide bonds. The Bertz CT molecular complexity index is 1240. The molecule has 0 radical (unpaired) electrons. The lowest BCUT2D eigenvalue weighted by molar-refractivity contribution is -0.141. The van der Waals surface area contributed by atoms with Crippen molar-refractivity contribution in [3.8, 4) is 0 Å². The van der Waals surface area contributed by atoms with E-state index in [1.807, 2.05) is 66.7 Å². The van der Waals surface area contributed by atoms with E-state index in [9.17, 15) is 14.4 Å². The van der Waals surface area contributed by atoms with Crippen LogP contribution in [0, 0.1) is 11.8 Å². The van der Waals surface area contributed by atoms with Crippen LogP contribution < -0.4 is 10.6 Å². The van der Waals surface area contributed by atoms with Gasteiger partial charge in [-0.2, -0.15) is 0 Å². The van der Waals surface area contributed by atoms with Crippen LogP contribution in [-0.4, -0.2) is 53.0 Å². The molecule has 2 bridgehead atoms. The summed E-state index contributed by atoms with van der Waals surface area (Å²) in [6, 6.07) is 16.6. The fourth-order valence-corrected chi connectivity index (χ4v) is 6.95. The molecule has 1 spiro atoms. The second kappa shape index (κ2) is 10.3. The van der Waals surface area contributed by atoms with Gasteiger partial charge in [-0.05, 0) is 49.1 Å². The lowest BCUT2D eigenvalue weighted by Crippen LogP contribution is -2.56. The number of ether oxygens (including phenoxy) is 1. The summed E-state index contributed by atoms with van der Waals surface area (Å²) >= 11 is 3.41. The molecule has 7 nitrogen and oxygen atoms in total. The van der Waals surface area contributed by atoms with E-state index in [2.05, 4.69) is 26.6 Å². The van der Waals surface area contributed by atoms with Gasteiger partial charge in [-0.3, -0.25) is 14.4 Å². The van der Waals surface area contributed by atoms with Crippen LogP contribution in [-0.2, 0) is 25.5 Å². The highest BCUT2D eigenvalue weighted by molar-refractivity contribution is 9.10. The number of likely N-dealkylation sites (tertiary alicyclic amines) is 1. The monoisotopic (exact) mass is 577 g/mol. The average Bonchev–Trinajstić information content (AvgIpc) is 3.57. The second-order valence-electron chi connectivity index (χ2n) is 10.8. The van der Waals surface area contributed by atoms with E-state index in [1.54, 1.807) is 4.90 Å². The average molecular weight is 579 g/mol. The third-order valence-corrected chi connectivity index (χ3v) is 9.00. The van der Waals surface area contributed by atoms with Crippen molar-refractivity contribution >= 4 is 39.3 Å². The fraction of sp³-hybridized carbons (Fsp3) is 0.433. The first-order valence-electron chi connectivity index (χ1n) is 13.5. The molecule has 0 aromatic heterocycles. The minimum Gasteiger partial charge on any atom is -0.359 e. The number of carbonyl (C=O) groups is 3. The first-order chi connectivity index (χ1) is 18.5. The van der Waals surface area contributed by atoms with Gasteiger partial charge in [0.1, 0.15) is 11.6 Å². The zero-order valence-electron chi connectivity index (χ0n) is 21.1. The fourth-order valence-electron chi connectivity index (χ4n) is 6.69. The maximum atomic E-state index is 14.1. The lowest BCUT2D eigenvalue weighted by atomic mass is 9.74. The van der Waals surface area contributed by atoms with Crippen molar-refractivity contribution < 1.29 is 19.1 Å². The van der Waals surface area contributed by atoms with Crippen LogP contribution in [0.3, 0.4) is 0 Å². The van der Waals surface area contributed by atoms with Gasteiger partial charge in [-0.15, -0.1) is 0 Å². The molecular formula is C30H32BrN3O4. The van der Waals surface area contributed by atoms with Crippen molar-refractivity contribution in [3.63, 3.8) is 0 Å². The quantitative estimate of drug-likeness (QED) is 0.482. The molecule has 0 unspecified atom stereocenters. The largest absolute Gasteiger partial charge is 0.359 e. The molecule has 8 heteroatoms. The third kappa shape index (κ3) is 4.47. The number of hydrogen-bond donors (Lipinski definition) is 2. The van der Waals surface area contributed by atoms with Crippen LogP contribution in [0.15, 0.2) is 71.2 Å². The van der Waals surface area contributed by atoms with Crippen LogP contribution in [0.1, 0.15) is 37.7 Å². The Morgan fingerprint density at radius 3 is 2.47 bits per heavy atom. The summed E-state index contributed by atoms with van der Waals surface area (Å²) in [6.45, 7) is 0.382. The van der Waals surface area contributed by atoms with Crippen molar-refractivity contribution in [2.45, 2.75) is 62.3 Å². The molecule has 1 saturated carbocycles. The highest BCUT2D eigenvalue weighted by Crippen LogP contribution is 2.55. The maximum Gasteiger partial charge on any atom is 0.246 e. The Labute approximate surface area is 231 Å². The number of rotatable bonds is 7. The zero-order valence-corrected chi connectivity index (χ0v) is 22.7. The topological polar surface area (TPSA) is 87.7 Å². The van der Waals surface area contributed by atoms with Gasteiger partial charge in [0.2, 0.25) is 17.7 Å². The van der Waals surface area contributed by atoms with Crippen molar-refractivity contribution in [1.29, 1.82) is 0 Å². The summed E-state index contributed by atoms with van der Waals surface area (Å²) in [5, 5.41) is 6.20. The molecule has 2 aromatic rings. The number of nitrogens with zero attached hydrogens (tertiary/aromatic N) is 1. The summed E-state index contributed by atoms with van der Waals surface area (Å²) in [5.74, 6) is -2.08. The van der Waals surface area contributed by atoms with Crippen molar-refractivity contribution in [2.24, 2.45) is 11.8 Å². The maximum absolute atomic E-state index is 14.1. The van der Waals surface area contributed by atoms with Crippen LogP contribution in [0.5, 0.6) is 0 Å². The predicted molar refractivity (Wildman–Crippen MR) is 147 cm³/mol. The number of nitrogens with one attached hydrogen (secondary N) is 2. The Morgan fingerprint density at radius 2 is 1.74 bits per heavy atom. The smallest absolute Gasteiger partial charge is 0.246 e. The Hall–Kier alpha value is -2.97. The molecule has 3 aliphatic heterocycles. The van der Waals surface area contributed by atoms with Crippen molar-refractivity contribution in [3.05, 3.63) is 76.8 Å². The minimum absolute atomic E-state index is 0.108. The third-order valence-electron chi connectivity index (χ3n) is 8.47. The van der Waals surface area contributed by atoms with Gasteiger partial charge in [0, 0.05) is 22.7 Å². The molecule has 38 heavy (non-hydrogen) atoms. The standard InChI is InChI=1S/C30H32BrN3O4/c31-20-11-13-22(14-12-20)32-27(35)24-23-15-17-30(38-23)25(24)29(37)34(18-16-19-7-3-1-4-8-19)26(30)28(36)33-21-9-5-2-6-10-21/h1,3-4,7-8,11-15,17,21,23-26H,2,5-6,9-10,16,18H2,(H,32,35)(H,33,36)/t23-,24-,25-,26+,30-/m0/s1. The molecular weight excluding hydrogens is 546 g/mol. The highest BCUT2D eigenvalue weighted by atomic mass is 79.9. The number of halogens is 1. The molecule has 3 fully saturated rings. The molecule has 2 N–H and O–H groups in total. The Kier molecular flexibility index (Phi) is 6.86. The first-order valence-corrected chi connectivity index (χ1v) is 14.3. The van der Waals surface area contributed by atoms with E-state index >= 15 is 0 Å². The number of fused-ring (bicyclic) bond motifs is 1. The zero-order chi connectivity index (χ0) is 26.3. The molecule has 2 saturated heterocycles. The lowest BCUT2D eigenvalue weighted by Gasteiger charge is -2.34. The number of anilines is 1. The van der Waals surface area contributed by atoms with Crippen LogP contribution in [0.2, 0.25) is 0 Å². The van der Waals surface area contributed by atoms with E-state index in [0.29, 0.717) is 18.7 Å². The molecule has 5 atom stereocenters. The van der Waals surface area contributed by atoms with Gasteiger partial charge in [0.25, 0.3) is 0 Å². The van der Waals surface area contributed by atoms with Gasteiger partial charge >= 0.3 is 0 Å². The Morgan fingerprint density at radius 1 is 1.00 bits per heavy atom. The van der Waals surface area contributed by atoms with Gasteiger partial charge in [0.05, 0.1) is 17.9 Å². The molecule has 6 rings (SSSR count). The van der Waals surface area contributed by atoms with Crippen LogP contribution >= 0.6 is 15.9 Å². The number of benzene rings is 2. The van der Waals surface area contributed by atoms with E-state index in [0.717, 1.165) is 35.7 Å². The number of hydrogen-bond acceptors (Lipinski definition) is 4. The van der Waals surface area contributed by atoms with Gasteiger partial charge in [-0.1, -0.05) is 77.7 Å². The van der Waals surface area contributed by atoms with Crippen molar-refractivity contribution in [2.75, 3.05) is 11.9 Å². The van der Waals surface area contributed by atoms with Gasteiger partial charge in [-0.25, -0.2) is 0 Å². The highest BCUT2D eigenvalue weighted by Gasteiger charge is 2.72. The Balaban J connectivity index is 1.29. The summed E-state index contributed by atoms with van der Waals surface area (Å²) in [5.41, 5.74) is 0.599. The summed E-state index contributed by atoms with van der Waals surface area (Å²) in [7, 11) is 0. The van der Waals surface area contributed by atoms with Crippen molar-refractivity contribution in [1.82, 2.24) is 10.2 Å². The summed E-state index contributed by atoms with van der Waals surface area (Å²) in [6.07, 6.45) is 9.08. The number of amides is 3. The minimum atomic E-state index is -1.14. The molecule has 198 valence electrons. The normalized spacial score (nSPS) is 29.9.